The lowest BCUT2D eigenvalue weighted by Crippen LogP contribution is -2.34. The van der Waals surface area contributed by atoms with Gasteiger partial charge >= 0.3 is 0 Å². The first-order valence-electron chi connectivity index (χ1n) is 8.60. The molecule has 0 fully saturated rings. The third-order valence-corrected chi connectivity index (χ3v) is 7.61. The van der Waals surface area contributed by atoms with Crippen molar-refractivity contribution in [3.8, 4) is 10.4 Å². The van der Waals surface area contributed by atoms with Gasteiger partial charge in [0.05, 0.1) is 5.69 Å². The summed E-state index contributed by atoms with van der Waals surface area (Å²) in [6.45, 7) is 4.94. The van der Waals surface area contributed by atoms with Gasteiger partial charge in [-0.15, -0.1) is 11.3 Å². The van der Waals surface area contributed by atoms with Crippen LogP contribution in [0.3, 0.4) is 0 Å². The van der Waals surface area contributed by atoms with Crippen molar-refractivity contribution in [1.29, 1.82) is 0 Å². The summed E-state index contributed by atoms with van der Waals surface area (Å²) in [5.74, 6) is 0.135. The number of thiophene rings is 1. The van der Waals surface area contributed by atoms with Crippen LogP contribution in [0.25, 0.3) is 10.4 Å². The van der Waals surface area contributed by atoms with Crippen molar-refractivity contribution in [2.75, 3.05) is 18.1 Å². The van der Waals surface area contributed by atoms with Gasteiger partial charge in [-0.05, 0) is 38.5 Å². The van der Waals surface area contributed by atoms with Gasteiger partial charge in [-0.2, -0.15) is 0 Å². The van der Waals surface area contributed by atoms with E-state index in [0.29, 0.717) is 11.3 Å². The quantitative estimate of drug-likeness (QED) is 0.507. The van der Waals surface area contributed by atoms with Crippen molar-refractivity contribution < 1.29 is 22.4 Å². The number of sulfonamides is 1. The number of nitrogens with zero attached hydrogens (tertiary/aromatic N) is 2. The average Bonchev–Trinajstić information content (AvgIpc) is 3.32. The van der Waals surface area contributed by atoms with E-state index in [9.17, 15) is 8.42 Å². The number of hydrogen-bond donors (Lipinski definition) is 0. The zero-order valence-electron chi connectivity index (χ0n) is 16.1. The zero-order chi connectivity index (χ0) is 20.3. The molecule has 3 aromatic rings. The zero-order valence-corrected chi connectivity index (χ0v) is 17.7. The number of anilines is 1. The van der Waals surface area contributed by atoms with Gasteiger partial charge in [0.1, 0.15) is 10.9 Å². The Bertz CT molecular complexity index is 1030. The standard InChI is InChI=1S/C19H22N2O5S2/c1-13-14(2)20-26-19(13)21(12-25-15(3)24-4)28(22,23)18-11-10-17(27-18)16-8-6-5-7-9-16/h5-11,15H,12H2,1-4H3. The highest BCUT2D eigenvalue weighted by atomic mass is 32.2. The van der Waals surface area contributed by atoms with Crippen molar-refractivity contribution in [1.82, 2.24) is 5.16 Å². The molecule has 7 nitrogen and oxygen atoms in total. The molecule has 0 amide bonds. The fraction of sp³-hybridized carbons (Fsp3) is 0.316. The van der Waals surface area contributed by atoms with Gasteiger partial charge in [-0.1, -0.05) is 35.5 Å². The van der Waals surface area contributed by atoms with Gasteiger partial charge < -0.3 is 14.0 Å². The fourth-order valence-corrected chi connectivity index (χ4v) is 5.19. The van der Waals surface area contributed by atoms with E-state index >= 15 is 0 Å². The first-order valence-corrected chi connectivity index (χ1v) is 10.9. The molecular formula is C19H22N2O5S2. The van der Waals surface area contributed by atoms with E-state index in [1.54, 1.807) is 32.9 Å². The molecule has 150 valence electrons. The summed E-state index contributed by atoms with van der Waals surface area (Å²) in [6, 6.07) is 13.0. The number of aromatic nitrogens is 1. The van der Waals surface area contributed by atoms with Crippen molar-refractivity contribution in [3.63, 3.8) is 0 Å². The summed E-state index contributed by atoms with van der Waals surface area (Å²) in [6.07, 6.45) is -0.578. The van der Waals surface area contributed by atoms with Crippen LogP contribution >= 0.6 is 11.3 Å². The Morgan fingerprint density at radius 2 is 1.89 bits per heavy atom. The average molecular weight is 423 g/mol. The maximum absolute atomic E-state index is 13.4. The van der Waals surface area contributed by atoms with Crippen molar-refractivity contribution >= 4 is 27.2 Å². The molecule has 0 aliphatic heterocycles. The van der Waals surface area contributed by atoms with Gasteiger partial charge in [-0.25, -0.2) is 12.7 Å². The topological polar surface area (TPSA) is 81.9 Å². The number of ether oxygens (including phenoxy) is 2. The second-order valence-electron chi connectivity index (χ2n) is 6.14. The molecule has 1 atom stereocenters. The van der Waals surface area contributed by atoms with Crippen LogP contribution in [0.5, 0.6) is 0 Å². The Morgan fingerprint density at radius 1 is 1.18 bits per heavy atom. The van der Waals surface area contributed by atoms with Crippen LogP contribution in [0.2, 0.25) is 0 Å². The Morgan fingerprint density at radius 3 is 2.50 bits per heavy atom. The lowest BCUT2D eigenvalue weighted by atomic mass is 10.2. The molecule has 2 aromatic heterocycles. The molecular weight excluding hydrogens is 400 g/mol. The summed E-state index contributed by atoms with van der Waals surface area (Å²) in [7, 11) is -2.43. The number of aryl methyl sites for hydroxylation is 1. The second kappa shape index (κ2) is 8.44. The van der Waals surface area contributed by atoms with Crippen LogP contribution in [-0.4, -0.2) is 33.7 Å². The minimum atomic E-state index is -3.92. The number of rotatable bonds is 8. The molecule has 0 spiro atoms. The molecule has 0 aliphatic rings. The Labute approximate surface area is 168 Å². The van der Waals surface area contributed by atoms with E-state index in [2.05, 4.69) is 5.16 Å². The molecule has 28 heavy (non-hydrogen) atoms. The molecule has 1 unspecified atom stereocenters. The molecule has 1 aromatic carbocycles. The Balaban J connectivity index is 1.98. The summed E-state index contributed by atoms with van der Waals surface area (Å²) < 4.78 is 43.9. The van der Waals surface area contributed by atoms with Crippen molar-refractivity contribution in [2.45, 2.75) is 31.3 Å². The van der Waals surface area contributed by atoms with Gasteiger partial charge in [0, 0.05) is 17.6 Å². The lowest BCUT2D eigenvalue weighted by molar-refractivity contribution is -0.108. The van der Waals surface area contributed by atoms with Gasteiger partial charge in [0.15, 0.2) is 6.29 Å². The molecule has 2 heterocycles. The van der Waals surface area contributed by atoms with Crippen molar-refractivity contribution in [2.24, 2.45) is 0 Å². The first-order chi connectivity index (χ1) is 13.3. The number of benzene rings is 1. The second-order valence-corrected chi connectivity index (χ2v) is 9.31. The molecule has 0 saturated carbocycles. The number of methoxy groups -OCH3 is 1. The monoisotopic (exact) mass is 422 g/mol. The van der Waals surface area contributed by atoms with Crippen LogP contribution in [0.1, 0.15) is 18.2 Å². The van der Waals surface area contributed by atoms with Crippen LogP contribution < -0.4 is 4.31 Å². The van der Waals surface area contributed by atoms with Gasteiger partial charge in [-0.3, -0.25) is 0 Å². The Kier molecular flexibility index (Phi) is 6.19. The predicted molar refractivity (Wildman–Crippen MR) is 108 cm³/mol. The SMILES string of the molecule is COC(C)OCN(c1onc(C)c1C)S(=O)(=O)c1ccc(-c2ccccc2)s1. The normalized spacial score (nSPS) is 12.9. The van der Waals surface area contributed by atoms with E-state index in [0.717, 1.165) is 14.7 Å². The molecule has 0 bridgehead atoms. The number of hydrogen-bond acceptors (Lipinski definition) is 7. The predicted octanol–water partition coefficient (Wildman–Crippen LogP) is 4.18. The van der Waals surface area contributed by atoms with E-state index < -0.39 is 16.3 Å². The van der Waals surface area contributed by atoms with Crippen LogP contribution in [0.4, 0.5) is 5.88 Å². The minimum Gasteiger partial charge on any atom is -0.356 e. The largest absolute Gasteiger partial charge is 0.356 e. The van der Waals surface area contributed by atoms with E-state index in [-0.39, 0.29) is 16.8 Å². The highest BCUT2D eigenvalue weighted by Gasteiger charge is 2.32. The molecule has 0 radical (unpaired) electrons. The molecule has 9 heteroatoms. The summed E-state index contributed by atoms with van der Waals surface area (Å²) in [5.41, 5.74) is 2.21. The van der Waals surface area contributed by atoms with E-state index in [4.69, 9.17) is 14.0 Å². The molecule has 3 rings (SSSR count). The van der Waals surface area contributed by atoms with Gasteiger partial charge in [0.25, 0.3) is 10.0 Å². The van der Waals surface area contributed by atoms with Crippen molar-refractivity contribution in [3.05, 3.63) is 53.7 Å². The Hall–Kier alpha value is -2.20. The van der Waals surface area contributed by atoms with E-state index in [1.165, 1.54) is 18.4 Å². The highest BCUT2D eigenvalue weighted by molar-refractivity contribution is 7.94. The lowest BCUT2D eigenvalue weighted by Gasteiger charge is -2.22. The fourth-order valence-electron chi connectivity index (χ4n) is 2.44. The smallest absolute Gasteiger partial charge is 0.278 e. The maximum atomic E-state index is 13.4. The molecule has 0 saturated heterocycles. The van der Waals surface area contributed by atoms with Crippen LogP contribution in [0, 0.1) is 13.8 Å². The highest BCUT2D eigenvalue weighted by Crippen LogP contribution is 2.35. The van der Waals surface area contributed by atoms with Crippen LogP contribution in [-0.2, 0) is 19.5 Å². The molecule has 0 aliphatic carbocycles. The van der Waals surface area contributed by atoms with Crippen LogP contribution in [0.15, 0.2) is 51.2 Å². The first kappa shape index (κ1) is 20.5. The summed E-state index contributed by atoms with van der Waals surface area (Å²) in [5, 5.41) is 3.88. The summed E-state index contributed by atoms with van der Waals surface area (Å²) in [4.78, 5) is 0.857. The van der Waals surface area contributed by atoms with E-state index in [1.807, 2.05) is 30.3 Å². The van der Waals surface area contributed by atoms with Gasteiger partial charge in [0.2, 0.25) is 5.88 Å². The molecule has 0 N–H and O–H groups in total. The maximum Gasteiger partial charge on any atom is 0.278 e. The summed E-state index contributed by atoms with van der Waals surface area (Å²) >= 11 is 1.19. The minimum absolute atomic E-state index is 0.135. The third-order valence-electron chi connectivity index (χ3n) is 4.30. The third kappa shape index (κ3) is 4.12.